The predicted molar refractivity (Wildman–Crippen MR) is 105 cm³/mol. The molecular weight excluding hydrogens is 350 g/mol. The molecule has 3 aromatic rings. The van der Waals surface area contributed by atoms with Crippen LogP contribution in [0.15, 0.2) is 24.3 Å². The van der Waals surface area contributed by atoms with Gasteiger partial charge in [0.25, 0.3) is 0 Å². The van der Waals surface area contributed by atoms with Gasteiger partial charge < -0.3 is 15.2 Å². The van der Waals surface area contributed by atoms with E-state index in [9.17, 15) is 0 Å². The molecule has 0 aliphatic carbocycles. The fourth-order valence-corrected chi connectivity index (χ4v) is 3.38. The molecule has 8 heteroatoms. The molecule has 3 heterocycles. The number of hydrogen-bond donors (Lipinski definition) is 3. The van der Waals surface area contributed by atoms with Crippen molar-refractivity contribution in [2.45, 2.75) is 19.8 Å². The zero-order valence-electron chi connectivity index (χ0n) is 14.7. The number of anilines is 3. The minimum absolute atomic E-state index is 0.513. The van der Waals surface area contributed by atoms with Gasteiger partial charge in [-0.05, 0) is 51.1 Å². The van der Waals surface area contributed by atoms with Crippen LogP contribution in [0, 0.1) is 6.92 Å². The number of likely N-dealkylation sites (tertiary alicyclic amines) is 1. The molecular formula is C18H22ClN7. The summed E-state index contributed by atoms with van der Waals surface area (Å²) in [5.41, 5.74) is 2.61. The molecule has 1 aliphatic rings. The first-order valence-corrected chi connectivity index (χ1v) is 9.28. The average molecular weight is 372 g/mol. The van der Waals surface area contributed by atoms with Crippen molar-refractivity contribution in [3.63, 3.8) is 0 Å². The van der Waals surface area contributed by atoms with Gasteiger partial charge >= 0.3 is 0 Å². The molecule has 1 aromatic carbocycles. The van der Waals surface area contributed by atoms with Crippen LogP contribution in [0.5, 0.6) is 0 Å². The first-order valence-electron chi connectivity index (χ1n) is 8.90. The second kappa shape index (κ2) is 7.47. The molecule has 1 aliphatic heterocycles. The van der Waals surface area contributed by atoms with Crippen LogP contribution >= 0.6 is 11.6 Å². The molecule has 1 saturated heterocycles. The van der Waals surface area contributed by atoms with Crippen LogP contribution in [-0.4, -0.2) is 51.0 Å². The number of fused-ring (bicyclic) bond motifs is 1. The molecule has 0 saturated carbocycles. The average Bonchev–Trinajstić information content (AvgIpc) is 3.23. The summed E-state index contributed by atoms with van der Waals surface area (Å²) in [7, 11) is 0. The molecule has 0 bridgehead atoms. The Morgan fingerprint density at radius 2 is 2.00 bits per heavy atom. The zero-order valence-corrected chi connectivity index (χ0v) is 15.5. The van der Waals surface area contributed by atoms with Gasteiger partial charge in [-0.15, -0.1) is 0 Å². The fraction of sp³-hybridized carbons (Fsp3) is 0.389. The minimum atomic E-state index is 0.513. The van der Waals surface area contributed by atoms with Gasteiger partial charge in [0.15, 0.2) is 0 Å². The highest BCUT2D eigenvalue weighted by molar-refractivity contribution is 6.31. The lowest BCUT2D eigenvalue weighted by Gasteiger charge is -2.15. The van der Waals surface area contributed by atoms with Crippen LogP contribution in [0.1, 0.15) is 18.5 Å². The maximum Gasteiger partial charge on any atom is 0.231 e. The van der Waals surface area contributed by atoms with E-state index < -0.39 is 0 Å². The highest BCUT2D eigenvalue weighted by Crippen LogP contribution is 2.21. The number of aromatic nitrogens is 4. The SMILES string of the molecule is Cc1cc(NCCN2CCCC2)nc(Nc2nc3ccc(Cl)cc3[nH]2)n1. The third kappa shape index (κ3) is 4.05. The predicted octanol–water partition coefficient (Wildman–Crippen LogP) is 3.57. The second-order valence-electron chi connectivity index (χ2n) is 6.57. The summed E-state index contributed by atoms with van der Waals surface area (Å²) in [6.07, 6.45) is 2.62. The number of imidazole rings is 1. The molecule has 7 nitrogen and oxygen atoms in total. The van der Waals surface area contributed by atoms with Crippen molar-refractivity contribution in [1.29, 1.82) is 0 Å². The smallest absolute Gasteiger partial charge is 0.231 e. The third-order valence-electron chi connectivity index (χ3n) is 4.46. The van der Waals surface area contributed by atoms with Gasteiger partial charge in [0.1, 0.15) is 5.82 Å². The molecule has 136 valence electrons. The van der Waals surface area contributed by atoms with Crippen LogP contribution in [0.2, 0.25) is 5.02 Å². The number of nitrogens with one attached hydrogen (secondary N) is 3. The Hall–Kier alpha value is -2.38. The second-order valence-corrected chi connectivity index (χ2v) is 7.00. The van der Waals surface area contributed by atoms with Crippen LogP contribution in [-0.2, 0) is 0 Å². The molecule has 3 N–H and O–H groups in total. The van der Waals surface area contributed by atoms with Crippen molar-refractivity contribution >= 4 is 40.3 Å². The zero-order chi connectivity index (χ0) is 17.9. The van der Waals surface area contributed by atoms with E-state index in [1.165, 1.54) is 25.9 Å². The van der Waals surface area contributed by atoms with Gasteiger partial charge in [-0.3, -0.25) is 5.32 Å². The van der Waals surface area contributed by atoms with Crippen molar-refractivity contribution in [1.82, 2.24) is 24.8 Å². The van der Waals surface area contributed by atoms with E-state index in [0.717, 1.165) is 35.6 Å². The van der Waals surface area contributed by atoms with Crippen molar-refractivity contribution in [2.24, 2.45) is 0 Å². The Morgan fingerprint density at radius 3 is 2.85 bits per heavy atom. The molecule has 0 spiro atoms. The molecule has 0 radical (unpaired) electrons. The largest absolute Gasteiger partial charge is 0.369 e. The van der Waals surface area contributed by atoms with Gasteiger partial charge in [0.05, 0.1) is 11.0 Å². The normalized spacial score (nSPS) is 14.8. The van der Waals surface area contributed by atoms with E-state index in [2.05, 4.69) is 35.5 Å². The number of aromatic amines is 1. The molecule has 2 aromatic heterocycles. The molecule has 26 heavy (non-hydrogen) atoms. The molecule has 0 atom stereocenters. The fourth-order valence-electron chi connectivity index (χ4n) is 3.21. The molecule has 1 fully saturated rings. The Balaban J connectivity index is 1.44. The van der Waals surface area contributed by atoms with E-state index >= 15 is 0 Å². The quantitative estimate of drug-likeness (QED) is 0.614. The number of H-pyrrole nitrogens is 1. The minimum Gasteiger partial charge on any atom is -0.369 e. The number of aryl methyl sites for hydroxylation is 1. The third-order valence-corrected chi connectivity index (χ3v) is 4.70. The Bertz CT molecular complexity index is 902. The number of halogens is 1. The summed E-state index contributed by atoms with van der Waals surface area (Å²) in [4.78, 5) is 19.1. The summed E-state index contributed by atoms with van der Waals surface area (Å²) < 4.78 is 0. The van der Waals surface area contributed by atoms with Crippen LogP contribution < -0.4 is 10.6 Å². The lowest BCUT2D eigenvalue weighted by molar-refractivity contribution is 0.352. The van der Waals surface area contributed by atoms with E-state index in [-0.39, 0.29) is 0 Å². The van der Waals surface area contributed by atoms with Gasteiger partial charge in [-0.25, -0.2) is 9.97 Å². The van der Waals surface area contributed by atoms with Crippen LogP contribution in [0.4, 0.5) is 17.7 Å². The van der Waals surface area contributed by atoms with Gasteiger partial charge in [0.2, 0.25) is 11.9 Å². The molecule has 0 amide bonds. The topological polar surface area (TPSA) is 81.8 Å². The van der Waals surface area contributed by atoms with Crippen molar-refractivity contribution < 1.29 is 0 Å². The summed E-state index contributed by atoms with van der Waals surface area (Å²) >= 11 is 6.02. The van der Waals surface area contributed by atoms with E-state index in [1.807, 2.05) is 31.2 Å². The highest BCUT2D eigenvalue weighted by atomic mass is 35.5. The maximum absolute atomic E-state index is 6.02. The lowest BCUT2D eigenvalue weighted by atomic mass is 10.3. The Morgan fingerprint density at radius 1 is 1.15 bits per heavy atom. The summed E-state index contributed by atoms with van der Waals surface area (Å²) in [5.74, 6) is 1.92. The summed E-state index contributed by atoms with van der Waals surface area (Å²) in [5, 5.41) is 7.21. The molecule has 0 unspecified atom stereocenters. The Labute approximate surface area is 157 Å². The van der Waals surface area contributed by atoms with Gasteiger partial charge in [-0.2, -0.15) is 4.98 Å². The number of benzene rings is 1. The highest BCUT2D eigenvalue weighted by Gasteiger charge is 2.11. The van der Waals surface area contributed by atoms with Crippen molar-refractivity contribution in [3.05, 3.63) is 35.0 Å². The number of rotatable bonds is 6. The standard InChI is InChI=1S/C18H22ClN7/c1-12-10-16(20-6-9-26-7-2-3-8-26)24-17(21-12)25-18-22-14-5-4-13(19)11-15(14)23-18/h4-5,10-11H,2-3,6-9H2,1H3,(H3,20,21,22,23,24,25). The number of hydrogen-bond acceptors (Lipinski definition) is 6. The van der Waals surface area contributed by atoms with Crippen molar-refractivity contribution in [2.75, 3.05) is 36.8 Å². The number of nitrogens with zero attached hydrogens (tertiary/aromatic N) is 4. The Kier molecular flexibility index (Phi) is 4.90. The van der Waals surface area contributed by atoms with E-state index in [1.54, 1.807) is 0 Å². The molecule has 4 rings (SSSR count). The van der Waals surface area contributed by atoms with E-state index in [4.69, 9.17) is 11.6 Å². The van der Waals surface area contributed by atoms with Crippen LogP contribution in [0.3, 0.4) is 0 Å². The first kappa shape index (κ1) is 17.1. The van der Waals surface area contributed by atoms with Gasteiger partial charge in [-0.1, -0.05) is 11.6 Å². The van der Waals surface area contributed by atoms with Crippen LogP contribution in [0.25, 0.3) is 11.0 Å². The first-order chi connectivity index (χ1) is 12.7. The monoisotopic (exact) mass is 371 g/mol. The summed E-state index contributed by atoms with van der Waals surface area (Å²) in [6.45, 7) is 6.27. The van der Waals surface area contributed by atoms with E-state index in [0.29, 0.717) is 16.9 Å². The lowest BCUT2D eigenvalue weighted by Crippen LogP contribution is -2.26. The summed E-state index contributed by atoms with van der Waals surface area (Å²) in [6, 6.07) is 7.49. The van der Waals surface area contributed by atoms with Gasteiger partial charge in [0, 0.05) is 29.9 Å². The van der Waals surface area contributed by atoms with Crippen molar-refractivity contribution in [3.8, 4) is 0 Å². The maximum atomic E-state index is 6.02.